The number of methoxy groups -OCH3 is 3. The van der Waals surface area contributed by atoms with Crippen LogP contribution in [0, 0.1) is 0 Å². The van der Waals surface area contributed by atoms with Crippen molar-refractivity contribution in [2.24, 2.45) is 0 Å². The van der Waals surface area contributed by atoms with Crippen molar-refractivity contribution in [2.45, 2.75) is 19.1 Å². The number of hydrogen-bond acceptors (Lipinski definition) is 7. The number of nitrogens with one attached hydrogen (secondary N) is 1. The predicted molar refractivity (Wildman–Crippen MR) is 107 cm³/mol. The molecule has 3 aromatic rings. The molecule has 0 saturated heterocycles. The van der Waals surface area contributed by atoms with E-state index in [4.69, 9.17) is 18.7 Å². The van der Waals surface area contributed by atoms with Crippen molar-refractivity contribution >= 4 is 5.91 Å². The van der Waals surface area contributed by atoms with E-state index >= 15 is 0 Å². The number of amides is 1. The molecule has 1 atom stereocenters. The van der Waals surface area contributed by atoms with Gasteiger partial charge < -0.3 is 24.1 Å². The Hall–Kier alpha value is -3.76. The molecule has 1 aromatic heterocycles. The molecule has 0 bridgehead atoms. The second kappa shape index (κ2) is 9.16. The van der Waals surface area contributed by atoms with E-state index in [9.17, 15) is 18.0 Å². The number of ether oxygens (including phenoxy) is 3. The SMILES string of the molecule is COc1cc(-c2noc([C@H](C)NC(=O)c3ccc(C(F)(F)F)cc3)n2)cc(OC)c1OC. The normalized spacial score (nSPS) is 12.2. The maximum Gasteiger partial charge on any atom is 0.416 e. The van der Waals surface area contributed by atoms with Gasteiger partial charge in [0.05, 0.1) is 26.9 Å². The van der Waals surface area contributed by atoms with Gasteiger partial charge in [-0.05, 0) is 43.3 Å². The lowest BCUT2D eigenvalue weighted by Gasteiger charge is -2.13. The molecule has 1 amide bonds. The van der Waals surface area contributed by atoms with Crippen LogP contribution in [-0.4, -0.2) is 37.4 Å². The van der Waals surface area contributed by atoms with Crippen LogP contribution >= 0.6 is 0 Å². The second-order valence-electron chi connectivity index (χ2n) is 6.64. The standard InChI is InChI=1S/C21H20F3N3O5/c1-11(25-19(28)12-5-7-14(8-6-12)21(22,23)24)20-26-18(27-32-20)13-9-15(29-2)17(31-4)16(10-13)30-3/h5-11H,1-4H3,(H,25,28)/t11-/m0/s1. The fourth-order valence-electron chi connectivity index (χ4n) is 2.89. The quantitative estimate of drug-likeness (QED) is 0.573. The average Bonchev–Trinajstić information content (AvgIpc) is 3.28. The van der Waals surface area contributed by atoms with Gasteiger partial charge in [-0.3, -0.25) is 4.79 Å². The largest absolute Gasteiger partial charge is 0.493 e. The molecule has 0 aliphatic heterocycles. The Morgan fingerprint density at radius 2 is 1.62 bits per heavy atom. The number of benzene rings is 2. The lowest BCUT2D eigenvalue weighted by Crippen LogP contribution is -2.27. The van der Waals surface area contributed by atoms with Gasteiger partial charge in [-0.15, -0.1) is 0 Å². The molecule has 2 aromatic carbocycles. The van der Waals surface area contributed by atoms with Crippen LogP contribution < -0.4 is 19.5 Å². The van der Waals surface area contributed by atoms with Gasteiger partial charge in [-0.1, -0.05) is 5.16 Å². The highest BCUT2D eigenvalue weighted by Gasteiger charge is 2.30. The van der Waals surface area contributed by atoms with Crippen LogP contribution in [0.15, 0.2) is 40.9 Å². The zero-order chi connectivity index (χ0) is 23.5. The molecular weight excluding hydrogens is 431 g/mol. The van der Waals surface area contributed by atoms with Crippen LogP contribution in [0.3, 0.4) is 0 Å². The molecule has 8 nitrogen and oxygen atoms in total. The summed E-state index contributed by atoms with van der Waals surface area (Å²) in [7, 11) is 4.43. The minimum absolute atomic E-state index is 0.0641. The highest BCUT2D eigenvalue weighted by atomic mass is 19.4. The van der Waals surface area contributed by atoms with E-state index in [1.165, 1.54) is 21.3 Å². The van der Waals surface area contributed by atoms with E-state index in [1.54, 1.807) is 19.1 Å². The lowest BCUT2D eigenvalue weighted by molar-refractivity contribution is -0.137. The number of carbonyl (C=O) groups excluding carboxylic acids is 1. The Morgan fingerprint density at radius 3 is 2.12 bits per heavy atom. The molecule has 0 aliphatic carbocycles. The molecule has 170 valence electrons. The minimum atomic E-state index is -4.48. The van der Waals surface area contributed by atoms with E-state index in [0.29, 0.717) is 22.8 Å². The van der Waals surface area contributed by atoms with Crippen LogP contribution in [0.5, 0.6) is 17.2 Å². The third-order valence-corrected chi connectivity index (χ3v) is 4.56. The molecule has 3 rings (SSSR count). The summed E-state index contributed by atoms with van der Waals surface area (Å²) in [4.78, 5) is 16.7. The van der Waals surface area contributed by atoms with Gasteiger partial charge in [0.15, 0.2) is 11.5 Å². The van der Waals surface area contributed by atoms with Crippen LogP contribution in [0.1, 0.15) is 34.8 Å². The van der Waals surface area contributed by atoms with Gasteiger partial charge in [0, 0.05) is 11.1 Å². The Kier molecular flexibility index (Phi) is 6.56. The van der Waals surface area contributed by atoms with Crippen molar-refractivity contribution in [1.82, 2.24) is 15.5 Å². The van der Waals surface area contributed by atoms with Gasteiger partial charge in [-0.25, -0.2) is 0 Å². The molecular formula is C21H20F3N3O5. The highest BCUT2D eigenvalue weighted by Crippen LogP contribution is 2.40. The fraction of sp³-hybridized carbons (Fsp3) is 0.286. The minimum Gasteiger partial charge on any atom is -0.493 e. The van der Waals surface area contributed by atoms with Crippen LogP contribution in [-0.2, 0) is 6.18 Å². The second-order valence-corrected chi connectivity index (χ2v) is 6.64. The first-order chi connectivity index (χ1) is 15.2. The summed E-state index contributed by atoms with van der Waals surface area (Å²) >= 11 is 0. The summed E-state index contributed by atoms with van der Waals surface area (Å²) in [6.45, 7) is 1.61. The van der Waals surface area contributed by atoms with Crippen molar-refractivity contribution in [3.8, 4) is 28.6 Å². The van der Waals surface area contributed by atoms with Crippen LogP contribution in [0.25, 0.3) is 11.4 Å². The lowest BCUT2D eigenvalue weighted by atomic mass is 10.1. The molecule has 32 heavy (non-hydrogen) atoms. The topological polar surface area (TPSA) is 95.7 Å². The van der Waals surface area contributed by atoms with Crippen molar-refractivity contribution < 1.29 is 36.7 Å². The van der Waals surface area contributed by atoms with Gasteiger partial charge in [0.25, 0.3) is 5.91 Å². The molecule has 0 fully saturated rings. The highest BCUT2D eigenvalue weighted by molar-refractivity contribution is 5.94. The van der Waals surface area contributed by atoms with E-state index in [0.717, 1.165) is 24.3 Å². The predicted octanol–water partition coefficient (Wildman–Crippen LogP) is 4.27. The zero-order valence-corrected chi connectivity index (χ0v) is 17.6. The maximum absolute atomic E-state index is 12.7. The molecule has 1 N–H and O–H groups in total. The number of nitrogens with zero attached hydrogens (tertiary/aromatic N) is 2. The number of aromatic nitrogens is 2. The summed E-state index contributed by atoms with van der Waals surface area (Å²) in [5.41, 5.74) is -0.251. The Bertz CT molecular complexity index is 1070. The molecule has 1 heterocycles. The summed E-state index contributed by atoms with van der Waals surface area (Å²) in [5.74, 6) is 0.941. The first-order valence-corrected chi connectivity index (χ1v) is 9.30. The number of hydrogen-bond donors (Lipinski definition) is 1. The Balaban J connectivity index is 1.77. The molecule has 0 unspecified atom stereocenters. The molecule has 0 radical (unpaired) electrons. The first kappa shape index (κ1) is 22.9. The molecule has 0 saturated carbocycles. The molecule has 0 aliphatic rings. The van der Waals surface area contributed by atoms with E-state index < -0.39 is 23.7 Å². The van der Waals surface area contributed by atoms with Gasteiger partial charge in [0.1, 0.15) is 6.04 Å². The van der Waals surface area contributed by atoms with E-state index in [1.807, 2.05) is 0 Å². The van der Waals surface area contributed by atoms with Crippen LogP contribution in [0.2, 0.25) is 0 Å². The number of halogens is 3. The smallest absolute Gasteiger partial charge is 0.416 e. The monoisotopic (exact) mass is 451 g/mol. The summed E-state index contributed by atoms with van der Waals surface area (Å²) in [6.07, 6.45) is -4.48. The summed E-state index contributed by atoms with van der Waals surface area (Å²) < 4.78 is 59.2. The number of rotatable bonds is 7. The van der Waals surface area contributed by atoms with Crippen molar-refractivity contribution in [3.05, 3.63) is 53.4 Å². The summed E-state index contributed by atoms with van der Waals surface area (Å²) in [5, 5.41) is 6.53. The zero-order valence-electron chi connectivity index (χ0n) is 17.6. The van der Waals surface area contributed by atoms with Crippen molar-refractivity contribution in [2.75, 3.05) is 21.3 Å². The van der Waals surface area contributed by atoms with E-state index in [2.05, 4.69) is 15.5 Å². The molecule has 11 heteroatoms. The third kappa shape index (κ3) is 4.76. The fourth-order valence-corrected chi connectivity index (χ4v) is 2.89. The average molecular weight is 451 g/mol. The van der Waals surface area contributed by atoms with E-state index in [-0.39, 0.29) is 17.3 Å². The maximum atomic E-state index is 12.7. The number of alkyl halides is 3. The third-order valence-electron chi connectivity index (χ3n) is 4.56. The van der Waals surface area contributed by atoms with Gasteiger partial charge in [0.2, 0.25) is 17.5 Å². The number of carbonyl (C=O) groups is 1. The first-order valence-electron chi connectivity index (χ1n) is 9.30. The van der Waals surface area contributed by atoms with Gasteiger partial charge >= 0.3 is 6.18 Å². The Labute approximate surface area is 181 Å². The van der Waals surface area contributed by atoms with Gasteiger partial charge in [-0.2, -0.15) is 18.2 Å². The van der Waals surface area contributed by atoms with Crippen molar-refractivity contribution in [3.63, 3.8) is 0 Å². The van der Waals surface area contributed by atoms with Crippen molar-refractivity contribution in [1.29, 1.82) is 0 Å². The Morgan fingerprint density at radius 1 is 1.03 bits per heavy atom. The summed E-state index contributed by atoms with van der Waals surface area (Å²) in [6, 6.07) is 6.46. The van der Waals surface area contributed by atoms with Crippen LogP contribution in [0.4, 0.5) is 13.2 Å². The molecule has 0 spiro atoms.